The zero-order valence-electron chi connectivity index (χ0n) is 15.5. The van der Waals surface area contributed by atoms with Crippen molar-refractivity contribution >= 4 is 155 Å². The molecule has 0 N–H and O–H groups in total. The van der Waals surface area contributed by atoms with Gasteiger partial charge in [-0.3, -0.25) is 4.79 Å². The maximum atomic E-state index is 12.8. The molecule has 13 heteroatoms. The van der Waals surface area contributed by atoms with Gasteiger partial charge in [0, 0.05) is 20.1 Å². The van der Waals surface area contributed by atoms with Gasteiger partial charge in [-0.05, 0) is 116 Å². The second-order valence-corrected chi connectivity index (χ2v) is 14.8. The first kappa shape index (κ1) is 28.9. The lowest BCUT2D eigenvalue weighted by Gasteiger charge is -2.24. The molecule has 3 aromatic carbocycles. The lowest BCUT2D eigenvalue weighted by atomic mass is 10.1. The number of carbonyl (C=O) groups is 1. The van der Waals surface area contributed by atoms with Crippen molar-refractivity contribution in [2.75, 3.05) is 0 Å². The first-order valence-electron chi connectivity index (χ1n) is 8.39. The predicted molar refractivity (Wildman–Crippen MR) is 158 cm³/mol. The van der Waals surface area contributed by atoms with Crippen LogP contribution in [0.3, 0.4) is 0 Å². The zero-order valence-corrected chi connectivity index (χ0v) is 28.0. The van der Waals surface area contributed by atoms with Crippen molar-refractivity contribution in [2.45, 2.75) is 8.32 Å². The molecule has 2 nitrogen and oxygen atoms in total. The van der Waals surface area contributed by atoms with E-state index in [4.69, 9.17) is 62.7 Å². The fraction of sp³-hybridized carbons (Fsp3) is 0.0500. The molecule has 3 aromatic rings. The maximum absolute atomic E-state index is 12.8. The third-order valence-electron chi connectivity index (χ3n) is 4.06. The van der Waals surface area contributed by atoms with Crippen LogP contribution >= 0.6 is 149 Å². The highest BCUT2D eigenvalue weighted by atomic mass is 79.9. The summed E-state index contributed by atoms with van der Waals surface area (Å²) in [5, 5.41) is -0.0922. The van der Waals surface area contributed by atoms with E-state index >= 15 is 0 Å². The number of halogens is 10. The number of ether oxygens (including phenoxy) is 1. The summed E-state index contributed by atoms with van der Waals surface area (Å²) < 4.78 is 7.46. The molecule has 0 aliphatic rings. The number of thioether (sulfide) groups is 1. The van der Waals surface area contributed by atoms with Crippen molar-refractivity contribution in [2.24, 2.45) is 0 Å². The summed E-state index contributed by atoms with van der Waals surface area (Å²) in [6.45, 7) is 0. The summed E-state index contributed by atoms with van der Waals surface area (Å²) in [5.74, 6) is 0.579. The van der Waals surface area contributed by atoms with Crippen LogP contribution in [0.2, 0.25) is 25.1 Å². The minimum Gasteiger partial charge on any atom is -0.461 e. The molecule has 0 bridgehead atoms. The minimum atomic E-state index is -1.05. The van der Waals surface area contributed by atoms with Gasteiger partial charge < -0.3 is 4.74 Å². The second-order valence-electron chi connectivity index (χ2n) is 6.16. The van der Waals surface area contributed by atoms with Gasteiger partial charge in [-0.15, -0.1) is 0 Å². The summed E-state index contributed by atoms with van der Waals surface area (Å²) in [6.07, 6.45) is 0. The molecule has 3 rings (SSSR count). The molecule has 0 saturated heterocycles. The Morgan fingerprint density at radius 1 is 0.758 bits per heavy atom. The van der Waals surface area contributed by atoms with Crippen LogP contribution in [0, 0.1) is 0 Å². The van der Waals surface area contributed by atoms with Crippen LogP contribution in [0.4, 0.5) is 0 Å². The monoisotopic (exact) mass is 879 g/mol. The van der Waals surface area contributed by atoms with Crippen LogP contribution in [0.1, 0.15) is 15.9 Å². The van der Waals surface area contributed by atoms with Crippen molar-refractivity contribution in [3.8, 4) is 5.75 Å². The fourth-order valence-electron chi connectivity index (χ4n) is 2.41. The smallest absolute Gasteiger partial charge is 0.243 e. The molecular formula is C20H6Br5Cl5O2S. The van der Waals surface area contributed by atoms with Gasteiger partial charge in [-0.1, -0.05) is 70.1 Å². The molecule has 0 aliphatic carbocycles. The number of rotatable bonds is 5. The summed E-state index contributed by atoms with van der Waals surface area (Å²) in [5.41, 5.74) is 1.12. The molecule has 0 atom stereocenters. The Kier molecular flexibility index (Phi) is 10.3. The number of carbonyl (C=O) groups excluding carboxylic acids is 1. The van der Waals surface area contributed by atoms with Gasteiger partial charge in [0.2, 0.25) is 8.53 Å². The average molecular weight is 887 g/mol. The minimum absolute atomic E-state index is 0.0321. The third-order valence-corrected chi connectivity index (χ3v) is 12.2. The number of hydrogen-bond donors (Lipinski definition) is 0. The molecule has 0 heterocycles. The molecule has 0 amide bonds. The second kappa shape index (κ2) is 11.8. The standard InChI is InChI=1S/C20H6Br5Cl5O2S/c21-9-5-6-10(12(23)11(9)22)32-20(24,25)8-3-1-7(2-4-8)19(31)33-18-16(29)14(27)13(26)15(28)17(18)30/h1-6H. The van der Waals surface area contributed by atoms with Crippen molar-refractivity contribution in [3.63, 3.8) is 0 Å². The Labute approximate surface area is 261 Å². The van der Waals surface area contributed by atoms with Crippen LogP contribution in [0.25, 0.3) is 0 Å². The average Bonchev–Trinajstić information content (AvgIpc) is 2.79. The molecule has 0 radical (unpaired) electrons. The van der Waals surface area contributed by atoms with Crippen LogP contribution in [-0.2, 0) is 3.42 Å². The van der Waals surface area contributed by atoms with Crippen molar-refractivity contribution in [1.82, 2.24) is 0 Å². The number of hydrogen-bond acceptors (Lipinski definition) is 3. The van der Waals surface area contributed by atoms with E-state index in [1.165, 1.54) is 0 Å². The molecule has 0 aliphatic heterocycles. The molecule has 0 saturated carbocycles. The Balaban J connectivity index is 1.83. The quantitative estimate of drug-likeness (QED) is 0.111. The molecule has 174 valence electrons. The molecular weight excluding hydrogens is 881 g/mol. The summed E-state index contributed by atoms with van der Waals surface area (Å²) >= 11 is 49.0. The highest BCUT2D eigenvalue weighted by Crippen LogP contribution is 2.49. The molecule has 0 unspecified atom stereocenters. The third kappa shape index (κ3) is 6.43. The number of alkyl halides is 2. The largest absolute Gasteiger partial charge is 0.461 e. The zero-order chi connectivity index (χ0) is 24.7. The van der Waals surface area contributed by atoms with E-state index in [-0.39, 0.29) is 35.1 Å². The van der Waals surface area contributed by atoms with E-state index in [9.17, 15) is 4.79 Å². The van der Waals surface area contributed by atoms with E-state index in [0.717, 1.165) is 25.2 Å². The summed E-state index contributed by atoms with van der Waals surface area (Å²) in [7, 11) is 0. The van der Waals surface area contributed by atoms with E-state index < -0.39 is 3.42 Å². The highest BCUT2D eigenvalue weighted by molar-refractivity contribution is 9.24. The van der Waals surface area contributed by atoms with Crippen LogP contribution in [-0.4, -0.2) is 5.12 Å². The van der Waals surface area contributed by atoms with Crippen LogP contribution in [0.5, 0.6) is 5.75 Å². The lowest BCUT2D eigenvalue weighted by molar-refractivity contribution is 0.108. The van der Waals surface area contributed by atoms with E-state index in [1.807, 2.05) is 6.07 Å². The van der Waals surface area contributed by atoms with Crippen molar-refractivity contribution < 1.29 is 9.53 Å². The van der Waals surface area contributed by atoms with Gasteiger partial charge in [0.1, 0.15) is 5.75 Å². The van der Waals surface area contributed by atoms with Gasteiger partial charge in [0.15, 0.2) is 0 Å². The van der Waals surface area contributed by atoms with Gasteiger partial charge in [-0.25, -0.2) is 0 Å². The van der Waals surface area contributed by atoms with E-state index in [0.29, 0.717) is 16.9 Å². The Hall–Kier alpha value is 1.33. The first-order valence-corrected chi connectivity index (χ1v) is 15.1. The van der Waals surface area contributed by atoms with E-state index in [2.05, 4.69) is 79.6 Å². The Morgan fingerprint density at radius 2 is 1.27 bits per heavy atom. The molecule has 33 heavy (non-hydrogen) atoms. The lowest BCUT2D eigenvalue weighted by Crippen LogP contribution is -2.18. The number of benzene rings is 3. The Bertz CT molecular complexity index is 1230. The predicted octanol–water partition coefficient (Wildman–Crippen LogP) is 12.2. The Morgan fingerprint density at radius 3 is 1.82 bits per heavy atom. The maximum Gasteiger partial charge on any atom is 0.243 e. The van der Waals surface area contributed by atoms with E-state index in [1.54, 1.807) is 30.3 Å². The van der Waals surface area contributed by atoms with Gasteiger partial charge >= 0.3 is 0 Å². The topological polar surface area (TPSA) is 26.3 Å². The first-order chi connectivity index (χ1) is 15.3. The van der Waals surface area contributed by atoms with Crippen molar-refractivity contribution in [1.29, 1.82) is 0 Å². The van der Waals surface area contributed by atoms with Gasteiger partial charge in [-0.2, -0.15) is 0 Å². The normalized spacial score (nSPS) is 11.6. The summed E-state index contributed by atoms with van der Waals surface area (Å²) in [6, 6.07) is 10.4. The SMILES string of the molecule is O=C(Sc1c(Cl)c(Cl)c(Cl)c(Cl)c1Cl)c1ccc(C(Br)(Br)Oc2ccc(Br)c(Br)c2Br)cc1. The molecule has 0 fully saturated rings. The highest BCUT2D eigenvalue weighted by Gasteiger charge is 2.30. The fourth-order valence-corrected chi connectivity index (χ4v) is 6.94. The molecule has 0 aromatic heterocycles. The molecule has 0 spiro atoms. The van der Waals surface area contributed by atoms with Gasteiger partial charge in [0.25, 0.3) is 0 Å². The van der Waals surface area contributed by atoms with Gasteiger partial charge in [0.05, 0.1) is 34.5 Å². The summed E-state index contributed by atoms with van der Waals surface area (Å²) in [4.78, 5) is 13.1. The van der Waals surface area contributed by atoms with Crippen LogP contribution in [0.15, 0.2) is 54.7 Å². The van der Waals surface area contributed by atoms with Crippen molar-refractivity contribution in [3.05, 3.63) is 86.1 Å². The van der Waals surface area contributed by atoms with Crippen LogP contribution < -0.4 is 4.74 Å².